The van der Waals surface area contributed by atoms with Gasteiger partial charge in [-0.25, -0.2) is 4.98 Å². The van der Waals surface area contributed by atoms with Gasteiger partial charge in [0.15, 0.2) is 0 Å². The highest BCUT2D eigenvalue weighted by Gasteiger charge is 2.25. The third-order valence-electron chi connectivity index (χ3n) is 4.49. The van der Waals surface area contributed by atoms with Gasteiger partial charge < -0.3 is 15.0 Å². The van der Waals surface area contributed by atoms with Crippen LogP contribution in [0.3, 0.4) is 0 Å². The zero-order chi connectivity index (χ0) is 19.0. The van der Waals surface area contributed by atoms with Crippen LogP contribution in [0.2, 0.25) is 5.02 Å². The largest absolute Gasteiger partial charge is 0.506 e. The maximum Gasteiger partial charge on any atom is 0.254 e. The number of aromatic hydroxyl groups is 1. The number of hydrogen-bond acceptors (Lipinski definition) is 5. The molecule has 0 atom stereocenters. The Morgan fingerprint density at radius 3 is 2.89 bits per heavy atom. The first-order valence-electron chi connectivity index (χ1n) is 8.33. The number of carbonyl (C=O) groups excluding carboxylic acids is 1. The van der Waals surface area contributed by atoms with Crippen molar-refractivity contribution in [1.82, 2.24) is 19.9 Å². The maximum atomic E-state index is 12.8. The van der Waals surface area contributed by atoms with Crippen LogP contribution in [0.5, 0.6) is 5.75 Å². The van der Waals surface area contributed by atoms with E-state index in [1.807, 2.05) is 6.07 Å². The maximum absolute atomic E-state index is 12.8. The van der Waals surface area contributed by atoms with E-state index in [1.54, 1.807) is 23.4 Å². The van der Waals surface area contributed by atoms with Gasteiger partial charge in [-0.3, -0.25) is 14.6 Å². The highest BCUT2D eigenvalue weighted by Crippen LogP contribution is 2.25. The molecule has 0 bridgehead atoms. The number of halogens is 1. The summed E-state index contributed by atoms with van der Waals surface area (Å²) in [4.78, 5) is 38.2. The third kappa shape index (κ3) is 3.29. The molecule has 3 aromatic rings. The Morgan fingerprint density at radius 2 is 2.15 bits per heavy atom. The fourth-order valence-corrected chi connectivity index (χ4v) is 3.26. The number of aromatic nitrogens is 3. The third-order valence-corrected chi connectivity index (χ3v) is 4.79. The van der Waals surface area contributed by atoms with Crippen molar-refractivity contribution in [2.75, 3.05) is 6.54 Å². The lowest BCUT2D eigenvalue weighted by Gasteiger charge is -2.28. The van der Waals surface area contributed by atoms with Crippen LogP contribution in [-0.2, 0) is 13.0 Å². The number of pyridine rings is 1. The minimum Gasteiger partial charge on any atom is -0.506 e. The second kappa shape index (κ2) is 6.85. The summed E-state index contributed by atoms with van der Waals surface area (Å²) in [5.74, 6) is 0.118. The lowest BCUT2D eigenvalue weighted by molar-refractivity contribution is 0.0731. The molecule has 0 spiro atoms. The Kier molecular flexibility index (Phi) is 4.37. The molecule has 0 radical (unpaired) electrons. The fourth-order valence-electron chi connectivity index (χ4n) is 3.08. The van der Waals surface area contributed by atoms with E-state index in [0.717, 1.165) is 0 Å². The zero-order valence-corrected chi connectivity index (χ0v) is 14.9. The normalized spacial score (nSPS) is 13.3. The molecule has 0 saturated carbocycles. The average Bonchev–Trinajstić information content (AvgIpc) is 2.69. The van der Waals surface area contributed by atoms with E-state index in [0.29, 0.717) is 41.2 Å². The van der Waals surface area contributed by atoms with Crippen LogP contribution in [0, 0.1) is 0 Å². The quantitative estimate of drug-likeness (QED) is 0.709. The van der Waals surface area contributed by atoms with Crippen molar-refractivity contribution in [2.24, 2.45) is 0 Å². The summed E-state index contributed by atoms with van der Waals surface area (Å²) in [6, 6.07) is 7.91. The number of amides is 1. The number of nitrogens with one attached hydrogen (secondary N) is 1. The predicted octanol–water partition coefficient (Wildman–Crippen LogP) is 2.39. The molecule has 0 unspecified atom stereocenters. The number of fused-ring (bicyclic) bond motifs is 1. The molecule has 1 aliphatic heterocycles. The van der Waals surface area contributed by atoms with E-state index in [9.17, 15) is 14.7 Å². The summed E-state index contributed by atoms with van der Waals surface area (Å²) in [7, 11) is 0. The van der Waals surface area contributed by atoms with Gasteiger partial charge in [-0.15, -0.1) is 0 Å². The van der Waals surface area contributed by atoms with E-state index in [4.69, 9.17) is 11.6 Å². The molecule has 3 heterocycles. The van der Waals surface area contributed by atoms with E-state index in [1.165, 1.54) is 18.2 Å². The van der Waals surface area contributed by atoms with Crippen molar-refractivity contribution in [3.63, 3.8) is 0 Å². The SMILES string of the molecule is O=C(c1ccc(O)c(Cl)c1)N1CCc2c(nc(-c3cccnc3)[nH]c2=O)C1. The molecule has 1 aliphatic rings. The number of phenolic OH excluding ortho intramolecular Hbond substituents is 1. The van der Waals surface area contributed by atoms with Crippen molar-refractivity contribution in [1.29, 1.82) is 0 Å². The van der Waals surface area contributed by atoms with Crippen molar-refractivity contribution in [3.05, 3.63) is 74.9 Å². The standard InChI is InChI=1S/C19H15ClN4O3/c20-14-8-11(3-4-16(14)25)19(27)24-7-5-13-15(10-24)22-17(23-18(13)26)12-2-1-6-21-9-12/h1-4,6,8-9,25H,5,7,10H2,(H,22,23,26). The molecule has 136 valence electrons. The van der Waals surface area contributed by atoms with Crippen LogP contribution in [0.25, 0.3) is 11.4 Å². The second-order valence-corrected chi connectivity index (χ2v) is 6.63. The molecule has 7 nitrogen and oxygen atoms in total. The van der Waals surface area contributed by atoms with E-state index in [-0.39, 0.29) is 28.8 Å². The summed E-state index contributed by atoms with van der Waals surface area (Å²) in [5, 5.41) is 9.64. The fraction of sp³-hybridized carbons (Fsp3) is 0.158. The minimum atomic E-state index is -0.229. The van der Waals surface area contributed by atoms with Gasteiger partial charge in [-0.2, -0.15) is 0 Å². The molecule has 0 aliphatic carbocycles. The number of aromatic amines is 1. The second-order valence-electron chi connectivity index (χ2n) is 6.22. The van der Waals surface area contributed by atoms with Gasteiger partial charge in [0.2, 0.25) is 0 Å². The topological polar surface area (TPSA) is 99.2 Å². The Balaban J connectivity index is 1.66. The Morgan fingerprint density at radius 1 is 1.30 bits per heavy atom. The Bertz CT molecular complexity index is 1080. The number of H-pyrrole nitrogens is 1. The molecule has 0 saturated heterocycles. The molecule has 27 heavy (non-hydrogen) atoms. The summed E-state index contributed by atoms with van der Waals surface area (Å²) < 4.78 is 0. The van der Waals surface area contributed by atoms with E-state index in [2.05, 4.69) is 15.0 Å². The van der Waals surface area contributed by atoms with Gasteiger partial charge in [0.25, 0.3) is 11.5 Å². The van der Waals surface area contributed by atoms with Crippen LogP contribution in [0.1, 0.15) is 21.6 Å². The van der Waals surface area contributed by atoms with Crippen LogP contribution in [0.4, 0.5) is 0 Å². The molecule has 0 fully saturated rings. The molecule has 1 amide bonds. The van der Waals surface area contributed by atoms with E-state index >= 15 is 0 Å². The number of rotatable bonds is 2. The van der Waals surface area contributed by atoms with Gasteiger partial charge in [0.1, 0.15) is 11.6 Å². The smallest absolute Gasteiger partial charge is 0.254 e. The lowest BCUT2D eigenvalue weighted by Crippen LogP contribution is -2.39. The van der Waals surface area contributed by atoms with Crippen molar-refractivity contribution in [3.8, 4) is 17.1 Å². The molecule has 1 aromatic carbocycles. The summed E-state index contributed by atoms with van der Waals surface area (Å²) in [5.41, 5.74) is 2.04. The highest BCUT2D eigenvalue weighted by molar-refractivity contribution is 6.32. The number of carbonyl (C=O) groups is 1. The number of nitrogens with zero attached hydrogens (tertiary/aromatic N) is 3. The van der Waals surface area contributed by atoms with Crippen LogP contribution < -0.4 is 5.56 Å². The summed E-state index contributed by atoms with van der Waals surface area (Å²) >= 11 is 5.90. The first-order valence-corrected chi connectivity index (χ1v) is 8.71. The zero-order valence-electron chi connectivity index (χ0n) is 14.1. The van der Waals surface area contributed by atoms with Gasteiger partial charge in [0, 0.05) is 35.6 Å². The van der Waals surface area contributed by atoms with Gasteiger partial charge in [0.05, 0.1) is 17.3 Å². The summed E-state index contributed by atoms with van der Waals surface area (Å²) in [6.07, 6.45) is 3.68. The average molecular weight is 383 g/mol. The number of phenols is 1. The molecule has 2 N–H and O–H groups in total. The molecule has 2 aromatic heterocycles. The summed E-state index contributed by atoms with van der Waals surface area (Å²) in [6.45, 7) is 0.630. The minimum absolute atomic E-state index is 0.0773. The Hall–Kier alpha value is -3.19. The van der Waals surface area contributed by atoms with Crippen LogP contribution in [-0.4, -0.2) is 37.4 Å². The number of benzene rings is 1. The van der Waals surface area contributed by atoms with Crippen molar-refractivity contribution in [2.45, 2.75) is 13.0 Å². The van der Waals surface area contributed by atoms with Crippen molar-refractivity contribution >= 4 is 17.5 Å². The highest BCUT2D eigenvalue weighted by atomic mass is 35.5. The van der Waals surface area contributed by atoms with Crippen LogP contribution >= 0.6 is 11.6 Å². The van der Waals surface area contributed by atoms with Gasteiger partial charge in [-0.1, -0.05) is 11.6 Å². The lowest BCUT2D eigenvalue weighted by atomic mass is 10.0. The molecular formula is C19H15ClN4O3. The van der Waals surface area contributed by atoms with Gasteiger partial charge >= 0.3 is 0 Å². The van der Waals surface area contributed by atoms with E-state index < -0.39 is 0 Å². The van der Waals surface area contributed by atoms with Gasteiger partial charge in [-0.05, 0) is 36.8 Å². The first-order chi connectivity index (χ1) is 13.0. The Labute approximate surface area is 159 Å². The molecule has 4 rings (SSSR count). The van der Waals surface area contributed by atoms with Crippen LogP contribution in [0.15, 0.2) is 47.5 Å². The monoisotopic (exact) mass is 382 g/mol. The molecular weight excluding hydrogens is 368 g/mol. The van der Waals surface area contributed by atoms with Crippen molar-refractivity contribution < 1.29 is 9.90 Å². The number of hydrogen-bond donors (Lipinski definition) is 2. The predicted molar refractivity (Wildman–Crippen MR) is 99.7 cm³/mol. The molecule has 8 heteroatoms. The first kappa shape index (κ1) is 17.2.